The number of hydrogen-bond acceptors (Lipinski definition) is 3. The molecule has 7 heteroatoms. The molecule has 1 aromatic rings. The van der Waals surface area contributed by atoms with Gasteiger partial charge in [-0.25, -0.2) is 4.99 Å². The van der Waals surface area contributed by atoms with Crippen molar-refractivity contribution in [3.05, 3.63) is 35.4 Å². The van der Waals surface area contributed by atoms with Crippen molar-refractivity contribution in [1.82, 2.24) is 15.5 Å². The number of amides is 1. The van der Waals surface area contributed by atoms with E-state index in [1.165, 1.54) is 0 Å². The first-order valence-corrected chi connectivity index (χ1v) is 9.60. The molecule has 0 aliphatic rings. The van der Waals surface area contributed by atoms with Gasteiger partial charge in [0.05, 0.1) is 13.2 Å². The number of carbonyl (C=O) groups is 1. The van der Waals surface area contributed by atoms with Crippen molar-refractivity contribution < 1.29 is 9.53 Å². The SMILES string of the molecule is CCNC(=NCc1ccccc1COCC)NCCC(=O)N(CC)CC.I. The maximum atomic E-state index is 12.1. The molecular weight excluding hydrogens is 455 g/mol. The highest BCUT2D eigenvalue weighted by atomic mass is 127. The average molecular weight is 490 g/mol. The second kappa shape index (κ2) is 15.7. The molecule has 154 valence electrons. The number of hydrogen-bond donors (Lipinski definition) is 2. The number of benzene rings is 1. The Kier molecular flexibility index (Phi) is 14.9. The first-order chi connectivity index (χ1) is 12.7. The Hall–Kier alpha value is -1.35. The summed E-state index contributed by atoms with van der Waals surface area (Å²) >= 11 is 0. The highest BCUT2D eigenvalue weighted by molar-refractivity contribution is 14.0. The van der Waals surface area contributed by atoms with Crippen molar-refractivity contribution in [3.8, 4) is 0 Å². The van der Waals surface area contributed by atoms with Gasteiger partial charge in [0, 0.05) is 39.2 Å². The van der Waals surface area contributed by atoms with E-state index < -0.39 is 0 Å². The van der Waals surface area contributed by atoms with Gasteiger partial charge >= 0.3 is 0 Å². The second-order valence-corrected chi connectivity index (χ2v) is 5.84. The van der Waals surface area contributed by atoms with Gasteiger partial charge in [0.1, 0.15) is 0 Å². The van der Waals surface area contributed by atoms with E-state index in [1.54, 1.807) is 0 Å². The molecule has 0 unspecified atom stereocenters. The number of guanidine groups is 1. The molecule has 0 aliphatic carbocycles. The van der Waals surface area contributed by atoms with Crippen molar-refractivity contribution in [2.24, 2.45) is 4.99 Å². The van der Waals surface area contributed by atoms with E-state index in [0.29, 0.717) is 32.7 Å². The zero-order valence-corrected chi connectivity index (χ0v) is 19.4. The first-order valence-electron chi connectivity index (χ1n) is 9.60. The summed E-state index contributed by atoms with van der Waals surface area (Å²) in [6, 6.07) is 8.18. The van der Waals surface area contributed by atoms with E-state index in [2.05, 4.69) is 27.8 Å². The van der Waals surface area contributed by atoms with E-state index in [9.17, 15) is 4.79 Å². The Morgan fingerprint density at radius 2 is 1.74 bits per heavy atom. The van der Waals surface area contributed by atoms with E-state index in [1.807, 2.05) is 44.7 Å². The van der Waals surface area contributed by atoms with Gasteiger partial charge in [-0.2, -0.15) is 0 Å². The Bertz CT molecular complexity index is 563. The minimum absolute atomic E-state index is 0. The summed E-state index contributed by atoms with van der Waals surface area (Å²) in [5, 5.41) is 6.48. The molecule has 0 bridgehead atoms. The molecule has 0 heterocycles. The molecule has 0 saturated carbocycles. The maximum absolute atomic E-state index is 12.1. The lowest BCUT2D eigenvalue weighted by molar-refractivity contribution is -0.130. The summed E-state index contributed by atoms with van der Waals surface area (Å²) in [6.07, 6.45) is 0.465. The smallest absolute Gasteiger partial charge is 0.224 e. The summed E-state index contributed by atoms with van der Waals surface area (Å²) in [7, 11) is 0. The molecule has 0 atom stereocenters. The summed E-state index contributed by atoms with van der Waals surface area (Å²) in [5.74, 6) is 0.895. The van der Waals surface area contributed by atoms with Gasteiger partial charge in [0.15, 0.2) is 5.96 Å². The van der Waals surface area contributed by atoms with Crippen LogP contribution in [0.15, 0.2) is 29.3 Å². The fourth-order valence-electron chi connectivity index (χ4n) is 2.59. The summed E-state index contributed by atoms with van der Waals surface area (Å²) in [4.78, 5) is 18.6. The highest BCUT2D eigenvalue weighted by Crippen LogP contribution is 2.11. The van der Waals surface area contributed by atoms with Crippen LogP contribution in [0.25, 0.3) is 0 Å². The van der Waals surface area contributed by atoms with Crippen LogP contribution in [0, 0.1) is 0 Å². The van der Waals surface area contributed by atoms with E-state index in [-0.39, 0.29) is 29.9 Å². The van der Waals surface area contributed by atoms with Crippen LogP contribution >= 0.6 is 24.0 Å². The Morgan fingerprint density at radius 1 is 1.07 bits per heavy atom. The predicted molar refractivity (Wildman–Crippen MR) is 123 cm³/mol. The minimum atomic E-state index is 0. The zero-order chi connectivity index (χ0) is 19.2. The first kappa shape index (κ1) is 25.6. The van der Waals surface area contributed by atoms with Crippen LogP contribution in [0.4, 0.5) is 0 Å². The molecule has 2 N–H and O–H groups in total. The number of nitrogens with zero attached hydrogens (tertiary/aromatic N) is 2. The van der Waals surface area contributed by atoms with Crippen molar-refractivity contribution in [2.75, 3.05) is 32.8 Å². The van der Waals surface area contributed by atoms with Crippen LogP contribution in [0.3, 0.4) is 0 Å². The standard InChI is InChI=1S/C20H34N4O2.HI/c1-5-21-20(22-14-13-19(25)24(6-2)7-3)23-15-17-11-9-10-12-18(17)16-26-8-4;/h9-12H,5-8,13-16H2,1-4H3,(H2,21,22,23);1H. The van der Waals surface area contributed by atoms with Gasteiger partial charge < -0.3 is 20.3 Å². The number of nitrogens with one attached hydrogen (secondary N) is 2. The van der Waals surface area contributed by atoms with Gasteiger partial charge in [-0.15, -0.1) is 24.0 Å². The number of halogens is 1. The normalized spacial score (nSPS) is 10.9. The van der Waals surface area contributed by atoms with Gasteiger partial charge in [0.25, 0.3) is 0 Å². The molecule has 1 rings (SSSR count). The van der Waals surface area contributed by atoms with E-state index in [4.69, 9.17) is 4.74 Å². The van der Waals surface area contributed by atoms with Crippen LogP contribution < -0.4 is 10.6 Å². The molecule has 27 heavy (non-hydrogen) atoms. The van der Waals surface area contributed by atoms with Gasteiger partial charge in [-0.1, -0.05) is 24.3 Å². The van der Waals surface area contributed by atoms with Crippen molar-refractivity contribution in [1.29, 1.82) is 0 Å². The molecule has 6 nitrogen and oxygen atoms in total. The fourth-order valence-corrected chi connectivity index (χ4v) is 2.59. The number of aliphatic imine (C=N–C) groups is 1. The van der Waals surface area contributed by atoms with Crippen molar-refractivity contribution in [2.45, 2.75) is 47.3 Å². The third-order valence-corrected chi connectivity index (χ3v) is 4.08. The molecule has 0 fully saturated rings. The van der Waals surface area contributed by atoms with Gasteiger partial charge in [-0.3, -0.25) is 4.79 Å². The topological polar surface area (TPSA) is 66.0 Å². The molecule has 0 aliphatic heterocycles. The Labute approximate surface area is 181 Å². The fraction of sp³-hybridized carbons (Fsp3) is 0.600. The lowest BCUT2D eigenvalue weighted by Gasteiger charge is -2.19. The van der Waals surface area contributed by atoms with Crippen LogP contribution in [-0.4, -0.2) is 49.6 Å². The van der Waals surface area contributed by atoms with Crippen LogP contribution in [0.1, 0.15) is 45.2 Å². The van der Waals surface area contributed by atoms with Crippen LogP contribution in [0.5, 0.6) is 0 Å². The Balaban J connectivity index is 0.00000676. The van der Waals surface area contributed by atoms with Crippen molar-refractivity contribution >= 4 is 35.8 Å². The predicted octanol–water partition coefficient (Wildman–Crippen LogP) is 3.15. The second-order valence-electron chi connectivity index (χ2n) is 5.84. The van der Waals surface area contributed by atoms with E-state index >= 15 is 0 Å². The lowest BCUT2D eigenvalue weighted by atomic mass is 10.1. The summed E-state index contributed by atoms with van der Waals surface area (Å²) in [6.45, 7) is 12.7. The van der Waals surface area contributed by atoms with Crippen molar-refractivity contribution in [3.63, 3.8) is 0 Å². The number of rotatable bonds is 11. The third kappa shape index (κ3) is 9.95. The van der Waals surface area contributed by atoms with E-state index in [0.717, 1.165) is 36.7 Å². The molecule has 1 aromatic carbocycles. The minimum Gasteiger partial charge on any atom is -0.377 e. The lowest BCUT2D eigenvalue weighted by Crippen LogP contribution is -2.40. The van der Waals surface area contributed by atoms with Crippen LogP contribution in [-0.2, 0) is 22.7 Å². The molecule has 1 amide bonds. The summed E-state index contributed by atoms with van der Waals surface area (Å²) < 4.78 is 5.53. The van der Waals surface area contributed by atoms with Gasteiger partial charge in [-0.05, 0) is 38.8 Å². The molecule has 0 radical (unpaired) electrons. The van der Waals surface area contributed by atoms with Crippen LogP contribution in [0.2, 0.25) is 0 Å². The molecule has 0 spiro atoms. The zero-order valence-electron chi connectivity index (χ0n) is 17.1. The number of carbonyl (C=O) groups excluding carboxylic acids is 1. The Morgan fingerprint density at radius 3 is 2.33 bits per heavy atom. The molecule has 0 saturated heterocycles. The quantitative estimate of drug-likeness (QED) is 0.284. The molecular formula is C20H35IN4O2. The number of ether oxygens (including phenoxy) is 1. The monoisotopic (exact) mass is 490 g/mol. The largest absolute Gasteiger partial charge is 0.377 e. The average Bonchev–Trinajstić information content (AvgIpc) is 2.66. The maximum Gasteiger partial charge on any atom is 0.224 e. The molecule has 0 aromatic heterocycles. The summed E-state index contributed by atoms with van der Waals surface area (Å²) in [5.41, 5.74) is 2.31. The van der Waals surface area contributed by atoms with Gasteiger partial charge in [0.2, 0.25) is 5.91 Å². The third-order valence-electron chi connectivity index (χ3n) is 4.08. The highest BCUT2D eigenvalue weighted by Gasteiger charge is 2.09.